The number of ketones is 2. The van der Waals surface area contributed by atoms with Crippen molar-refractivity contribution in [1.82, 2.24) is 15.6 Å². The van der Waals surface area contributed by atoms with Crippen LogP contribution in [0.3, 0.4) is 0 Å². The summed E-state index contributed by atoms with van der Waals surface area (Å²) >= 11 is 0. The van der Waals surface area contributed by atoms with Crippen LogP contribution in [-0.4, -0.2) is 71.2 Å². The minimum Gasteiger partial charge on any atom is -0.506 e. The number of amides is 2. The molecule has 0 saturated carbocycles. The third-order valence-corrected chi connectivity index (χ3v) is 5.27. The number of aromatic nitrogens is 1. The number of ether oxygens (including phenoxy) is 2. The molecule has 1 aliphatic carbocycles. The molecule has 0 saturated heterocycles. The van der Waals surface area contributed by atoms with Crippen LogP contribution in [0.5, 0.6) is 5.75 Å². The van der Waals surface area contributed by atoms with E-state index < -0.39 is 40.7 Å². The standard InChI is InChI=1S/C27H35N5O7/c1-26(2,3)38-24(36)31-11-9-29-16-7-8-17(30-10-12-32-25(37)39-27(4,5)6)21-20(16)22(34)15-13-28-14-18(33)19(15)23(21)35/h7-8,13-14,29-30,33H,9-12H2,1-6H3,(H,31,36)(H,32,37). The van der Waals surface area contributed by atoms with Crippen molar-refractivity contribution in [2.24, 2.45) is 0 Å². The number of hydrogen-bond donors (Lipinski definition) is 5. The van der Waals surface area contributed by atoms with Gasteiger partial charge in [-0.05, 0) is 53.7 Å². The second-order valence-corrected chi connectivity index (χ2v) is 10.9. The van der Waals surface area contributed by atoms with Gasteiger partial charge in [0.05, 0.1) is 28.5 Å². The van der Waals surface area contributed by atoms with E-state index in [1.165, 1.54) is 6.20 Å². The van der Waals surface area contributed by atoms with E-state index in [4.69, 9.17) is 9.47 Å². The van der Waals surface area contributed by atoms with E-state index in [2.05, 4.69) is 26.3 Å². The normalized spacial score (nSPS) is 12.7. The summed E-state index contributed by atoms with van der Waals surface area (Å²) in [7, 11) is 0. The third kappa shape index (κ3) is 7.59. The maximum absolute atomic E-state index is 13.5. The van der Waals surface area contributed by atoms with Crippen molar-refractivity contribution in [1.29, 1.82) is 0 Å². The lowest BCUT2D eigenvalue weighted by Crippen LogP contribution is -2.35. The first-order valence-electron chi connectivity index (χ1n) is 12.5. The van der Waals surface area contributed by atoms with Gasteiger partial charge in [-0.2, -0.15) is 0 Å². The number of carbonyl (C=O) groups is 4. The van der Waals surface area contributed by atoms with Gasteiger partial charge in [-0.25, -0.2) is 9.59 Å². The molecule has 0 aliphatic heterocycles. The molecule has 39 heavy (non-hydrogen) atoms. The summed E-state index contributed by atoms with van der Waals surface area (Å²) in [6, 6.07) is 3.27. The monoisotopic (exact) mass is 541 g/mol. The Morgan fingerprint density at radius 1 is 0.744 bits per heavy atom. The van der Waals surface area contributed by atoms with Gasteiger partial charge in [-0.15, -0.1) is 0 Å². The van der Waals surface area contributed by atoms with Crippen molar-refractivity contribution in [3.63, 3.8) is 0 Å². The molecule has 1 heterocycles. The summed E-state index contributed by atoms with van der Waals surface area (Å²) in [5.41, 5.74) is -0.485. The molecule has 1 aromatic heterocycles. The lowest BCUT2D eigenvalue weighted by Gasteiger charge is -2.24. The number of nitrogens with zero attached hydrogens (tertiary/aromatic N) is 1. The van der Waals surface area contributed by atoms with Crippen LogP contribution in [0.15, 0.2) is 24.5 Å². The molecule has 2 aromatic rings. The number of fused-ring (bicyclic) bond motifs is 2. The zero-order valence-corrected chi connectivity index (χ0v) is 23.0. The molecule has 210 valence electrons. The maximum Gasteiger partial charge on any atom is 0.407 e. The Bertz CT molecular complexity index is 1280. The molecular weight excluding hydrogens is 506 g/mol. The fourth-order valence-electron chi connectivity index (χ4n) is 3.84. The highest BCUT2D eigenvalue weighted by Crippen LogP contribution is 2.38. The maximum atomic E-state index is 13.5. The average Bonchev–Trinajstić information content (AvgIpc) is 2.80. The molecule has 0 radical (unpaired) electrons. The van der Waals surface area contributed by atoms with Crippen LogP contribution in [0.2, 0.25) is 0 Å². The van der Waals surface area contributed by atoms with Crippen molar-refractivity contribution in [2.75, 3.05) is 36.8 Å². The van der Waals surface area contributed by atoms with Crippen molar-refractivity contribution in [2.45, 2.75) is 52.7 Å². The molecule has 2 amide bonds. The van der Waals surface area contributed by atoms with E-state index in [9.17, 15) is 24.3 Å². The highest BCUT2D eigenvalue weighted by molar-refractivity contribution is 6.32. The number of aromatic hydroxyl groups is 1. The highest BCUT2D eigenvalue weighted by atomic mass is 16.6. The van der Waals surface area contributed by atoms with Crippen LogP contribution in [0.1, 0.15) is 73.4 Å². The zero-order valence-electron chi connectivity index (χ0n) is 23.0. The predicted octanol–water partition coefficient (Wildman–Crippen LogP) is 3.44. The van der Waals surface area contributed by atoms with Crippen LogP contribution in [0.4, 0.5) is 21.0 Å². The zero-order chi connectivity index (χ0) is 29.0. The quantitative estimate of drug-likeness (QED) is 0.266. The van der Waals surface area contributed by atoms with E-state index in [0.29, 0.717) is 11.4 Å². The molecule has 12 heteroatoms. The van der Waals surface area contributed by atoms with Crippen molar-refractivity contribution >= 4 is 35.1 Å². The molecule has 0 spiro atoms. The number of carbonyl (C=O) groups excluding carboxylic acids is 4. The van der Waals surface area contributed by atoms with E-state index in [1.54, 1.807) is 53.7 Å². The van der Waals surface area contributed by atoms with Crippen LogP contribution >= 0.6 is 0 Å². The molecule has 12 nitrogen and oxygen atoms in total. The largest absolute Gasteiger partial charge is 0.506 e. The van der Waals surface area contributed by atoms with Gasteiger partial charge >= 0.3 is 12.2 Å². The Morgan fingerprint density at radius 3 is 1.67 bits per heavy atom. The molecule has 0 fully saturated rings. The molecule has 0 atom stereocenters. The van der Waals surface area contributed by atoms with Gasteiger partial charge < -0.3 is 35.8 Å². The summed E-state index contributed by atoms with van der Waals surface area (Å²) < 4.78 is 10.4. The highest BCUT2D eigenvalue weighted by Gasteiger charge is 2.36. The van der Waals surface area contributed by atoms with Crippen LogP contribution < -0.4 is 21.3 Å². The number of rotatable bonds is 8. The summed E-state index contributed by atoms with van der Waals surface area (Å²) in [5.74, 6) is -1.42. The summed E-state index contributed by atoms with van der Waals surface area (Å²) in [6.45, 7) is 11.4. The van der Waals surface area contributed by atoms with Gasteiger partial charge in [0.2, 0.25) is 5.78 Å². The van der Waals surface area contributed by atoms with Gasteiger partial charge in [-0.1, -0.05) is 0 Å². The van der Waals surface area contributed by atoms with E-state index in [-0.39, 0.29) is 48.4 Å². The Hall–Kier alpha value is -4.35. The van der Waals surface area contributed by atoms with Gasteiger partial charge in [0, 0.05) is 43.8 Å². The third-order valence-electron chi connectivity index (χ3n) is 5.27. The lowest BCUT2D eigenvalue weighted by molar-refractivity contribution is 0.0518. The Balaban J connectivity index is 1.80. The average molecular weight is 542 g/mol. The Labute approximate surface area is 226 Å². The summed E-state index contributed by atoms with van der Waals surface area (Å²) in [5, 5.41) is 21.7. The minimum atomic E-state index is -0.640. The first kappa shape index (κ1) is 29.2. The molecule has 3 rings (SSSR count). The SMILES string of the molecule is CC(C)(C)OC(=O)NCCNc1ccc(NCCNC(=O)OC(C)(C)C)c2c1C(=O)c1cncc(O)c1C2=O. The summed E-state index contributed by atoms with van der Waals surface area (Å²) in [4.78, 5) is 54.7. The second kappa shape index (κ2) is 11.6. The van der Waals surface area contributed by atoms with Crippen LogP contribution in [0, 0.1) is 0 Å². The lowest BCUT2D eigenvalue weighted by atomic mass is 9.82. The van der Waals surface area contributed by atoms with Gasteiger partial charge in [-0.3, -0.25) is 14.6 Å². The number of benzene rings is 1. The van der Waals surface area contributed by atoms with Crippen LogP contribution in [-0.2, 0) is 9.47 Å². The molecule has 0 bridgehead atoms. The van der Waals surface area contributed by atoms with Gasteiger partial charge in [0.25, 0.3) is 0 Å². The van der Waals surface area contributed by atoms with E-state index in [0.717, 1.165) is 6.20 Å². The molecule has 0 unspecified atom stereocenters. The smallest absolute Gasteiger partial charge is 0.407 e. The molecule has 5 N–H and O–H groups in total. The summed E-state index contributed by atoms with van der Waals surface area (Å²) in [6.07, 6.45) is 1.20. The number of hydrogen-bond acceptors (Lipinski definition) is 10. The van der Waals surface area contributed by atoms with E-state index >= 15 is 0 Å². The fraction of sp³-hybridized carbons (Fsp3) is 0.444. The number of anilines is 2. The Morgan fingerprint density at radius 2 is 1.21 bits per heavy atom. The predicted molar refractivity (Wildman–Crippen MR) is 145 cm³/mol. The minimum absolute atomic E-state index is 0.00817. The second-order valence-electron chi connectivity index (χ2n) is 10.9. The Kier molecular flexibility index (Phi) is 8.68. The van der Waals surface area contributed by atoms with Crippen molar-refractivity contribution < 1.29 is 33.8 Å². The molecular formula is C27H35N5O7. The molecule has 1 aromatic carbocycles. The topological polar surface area (TPSA) is 168 Å². The van der Waals surface area contributed by atoms with Crippen molar-refractivity contribution in [3.05, 3.63) is 46.8 Å². The number of nitrogens with one attached hydrogen (secondary N) is 4. The number of alkyl carbamates (subject to hydrolysis) is 2. The van der Waals surface area contributed by atoms with Crippen molar-refractivity contribution in [3.8, 4) is 5.75 Å². The fourth-order valence-corrected chi connectivity index (χ4v) is 3.84. The molecule has 1 aliphatic rings. The van der Waals surface area contributed by atoms with Gasteiger partial charge in [0.1, 0.15) is 17.0 Å². The first-order valence-corrected chi connectivity index (χ1v) is 12.5. The van der Waals surface area contributed by atoms with E-state index in [1.807, 2.05) is 0 Å². The van der Waals surface area contributed by atoms with Crippen LogP contribution in [0.25, 0.3) is 0 Å². The number of pyridine rings is 1. The van der Waals surface area contributed by atoms with Gasteiger partial charge in [0.15, 0.2) is 5.78 Å². The first-order chi connectivity index (χ1) is 18.2.